The summed E-state index contributed by atoms with van der Waals surface area (Å²) < 4.78 is 5.15. The minimum atomic E-state index is -0.632. The first-order chi connectivity index (χ1) is 18.2. The third-order valence-electron chi connectivity index (χ3n) is 5.87. The Balaban J connectivity index is 1.52. The van der Waals surface area contributed by atoms with Crippen LogP contribution < -0.4 is 15.5 Å². The normalized spacial score (nSPS) is 13.1. The second-order valence-corrected chi connectivity index (χ2v) is 9.17. The molecule has 0 spiro atoms. The number of carbonyl (C=O) groups excluding carboxylic acids is 4. The molecule has 0 aromatic heterocycles. The molecule has 38 heavy (non-hydrogen) atoms. The van der Waals surface area contributed by atoms with E-state index in [0.29, 0.717) is 41.2 Å². The van der Waals surface area contributed by atoms with Gasteiger partial charge in [0.1, 0.15) is 10.7 Å². The lowest BCUT2D eigenvalue weighted by atomic mass is 10.1. The molecule has 0 fully saturated rings. The van der Waals surface area contributed by atoms with E-state index in [2.05, 4.69) is 10.6 Å². The van der Waals surface area contributed by atoms with Crippen molar-refractivity contribution in [3.05, 3.63) is 99.7 Å². The number of halogens is 1. The van der Waals surface area contributed by atoms with Crippen LogP contribution in [0.15, 0.2) is 77.5 Å². The van der Waals surface area contributed by atoms with Crippen molar-refractivity contribution in [2.45, 2.75) is 27.2 Å². The number of esters is 1. The molecule has 4 rings (SSSR count). The summed E-state index contributed by atoms with van der Waals surface area (Å²) in [6.45, 7) is 5.91. The molecule has 0 aliphatic carbocycles. The summed E-state index contributed by atoms with van der Waals surface area (Å²) in [6, 6.07) is 18.3. The molecule has 0 unspecified atom stereocenters. The van der Waals surface area contributed by atoms with Crippen LogP contribution in [0.25, 0.3) is 0 Å². The third-order valence-corrected chi connectivity index (χ3v) is 6.22. The van der Waals surface area contributed by atoms with Gasteiger partial charge in [0.05, 0.1) is 17.9 Å². The van der Waals surface area contributed by atoms with Crippen molar-refractivity contribution < 1.29 is 23.9 Å². The molecular formula is C29H26ClN3O5. The van der Waals surface area contributed by atoms with Crippen LogP contribution in [0, 0.1) is 13.8 Å². The average Bonchev–Trinajstić information content (AvgIpc) is 3.12. The van der Waals surface area contributed by atoms with Crippen molar-refractivity contribution in [3.8, 4) is 0 Å². The number of nitrogens with one attached hydrogen (secondary N) is 2. The minimum Gasteiger partial charge on any atom is -0.462 e. The van der Waals surface area contributed by atoms with Crippen molar-refractivity contribution in [1.29, 1.82) is 0 Å². The molecule has 0 bridgehead atoms. The first kappa shape index (κ1) is 26.6. The van der Waals surface area contributed by atoms with Crippen molar-refractivity contribution in [1.82, 2.24) is 0 Å². The van der Waals surface area contributed by atoms with E-state index in [0.717, 1.165) is 16.0 Å². The van der Waals surface area contributed by atoms with E-state index in [1.54, 1.807) is 67.6 Å². The van der Waals surface area contributed by atoms with E-state index in [4.69, 9.17) is 16.3 Å². The number of hydrogen-bond donors (Lipinski definition) is 2. The third kappa shape index (κ3) is 5.60. The topological polar surface area (TPSA) is 105 Å². The summed E-state index contributed by atoms with van der Waals surface area (Å²) in [4.78, 5) is 52.0. The van der Waals surface area contributed by atoms with Crippen LogP contribution in [0.3, 0.4) is 0 Å². The number of nitrogens with zero attached hydrogens (tertiary/aromatic N) is 1. The van der Waals surface area contributed by atoms with E-state index in [9.17, 15) is 19.2 Å². The number of benzene rings is 3. The van der Waals surface area contributed by atoms with Gasteiger partial charge in [0, 0.05) is 16.9 Å². The maximum atomic E-state index is 13.1. The van der Waals surface area contributed by atoms with Crippen LogP contribution in [0.1, 0.15) is 45.2 Å². The van der Waals surface area contributed by atoms with E-state index >= 15 is 0 Å². The Morgan fingerprint density at radius 1 is 0.921 bits per heavy atom. The predicted molar refractivity (Wildman–Crippen MR) is 146 cm³/mol. The molecule has 1 heterocycles. The number of imide groups is 1. The van der Waals surface area contributed by atoms with Gasteiger partial charge in [-0.1, -0.05) is 48.4 Å². The summed E-state index contributed by atoms with van der Waals surface area (Å²) in [5, 5.41) is 5.47. The van der Waals surface area contributed by atoms with E-state index in [1.807, 2.05) is 13.8 Å². The van der Waals surface area contributed by atoms with Gasteiger partial charge in [-0.15, -0.1) is 0 Å². The molecule has 0 saturated heterocycles. The van der Waals surface area contributed by atoms with Gasteiger partial charge in [-0.2, -0.15) is 0 Å². The van der Waals surface area contributed by atoms with Crippen molar-refractivity contribution in [3.63, 3.8) is 0 Å². The fourth-order valence-electron chi connectivity index (χ4n) is 3.78. The fraction of sp³-hybridized carbons (Fsp3) is 0.172. The second-order valence-electron chi connectivity index (χ2n) is 8.80. The van der Waals surface area contributed by atoms with Gasteiger partial charge in [0.2, 0.25) is 0 Å². The maximum Gasteiger partial charge on any atom is 0.338 e. The summed E-state index contributed by atoms with van der Waals surface area (Å²) in [5.41, 5.74) is 3.53. The molecule has 1 aliphatic heterocycles. The molecule has 194 valence electrons. The van der Waals surface area contributed by atoms with Gasteiger partial charge >= 0.3 is 5.97 Å². The Bertz CT molecular complexity index is 1460. The van der Waals surface area contributed by atoms with Crippen molar-refractivity contribution in [2.24, 2.45) is 0 Å². The fourth-order valence-corrected chi connectivity index (χ4v) is 3.99. The van der Waals surface area contributed by atoms with Gasteiger partial charge in [0.25, 0.3) is 17.7 Å². The van der Waals surface area contributed by atoms with Gasteiger partial charge < -0.3 is 15.4 Å². The maximum absolute atomic E-state index is 13.1. The molecule has 3 aromatic rings. The highest BCUT2D eigenvalue weighted by Crippen LogP contribution is 2.31. The first-order valence-electron chi connectivity index (χ1n) is 12.0. The zero-order valence-electron chi connectivity index (χ0n) is 21.1. The van der Waals surface area contributed by atoms with Gasteiger partial charge in [-0.05, 0) is 68.3 Å². The Hall–Kier alpha value is -4.43. The van der Waals surface area contributed by atoms with Crippen LogP contribution in [0.4, 0.5) is 17.1 Å². The van der Waals surface area contributed by atoms with Crippen LogP contribution in [0.5, 0.6) is 0 Å². The molecule has 0 radical (unpaired) electrons. The van der Waals surface area contributed by atoms with Gasteiger partial charge in [-0.25, -0.2) is 9.69 Å². The van der Waals surface area contributed by atoms with Crippen LogP contribution >= 0.6 is 11.6 Å². The zero-order valence-corrected chi connectivity index (χ0v) is 21.9. The molecule has 1 aliphatic rings. The van der Waals surface area contributed by atoms with Crippen LogP contribution in [0.2, 0.25) is 0 Å². The minimum absolute atomic E-state index is 0.0730. The number of carbonyl (C=O) groups is 4. The number of ether oxygens (including phenoxy) is 1. The monoisotopic (exact) mass is 531 g/mol. The summed E-state index contributed by atoms with van der Waals surface area (Å²) in [7, 11) is 0. The lowest BCUT2D eigenvalue weighted by Gasteiger charge is -2.16. The highest BCUT2D eigenvalue weighted by Gasteiger charge is 2.39. The summed E-state index contributed by atoms with van der Waals surface area (Å²) in [6.07, 6.45) is 0.706. The molecule has 0 saturated carbocycles. The summed E-state index contributed by atoms with van der Waals surface area (Å²) in [5.74, 6) is -2.12. The number of aryl methyl sites for hydroxylation is 2. The highest BCUT2D eigenvalue weighted by atomic mass is 35.5. The van der Waals surface area contributed by atoms with Crippen molar-refractivity contribution in [2.75, 3.05) is 22.1 Å². The Labute approximate surface area is 225 Å². The molecule has 9 heteroatoms. The lowest BCUT2D eigenvalue weighted by molar-refractivity contribution is -0.120. The Morgan fingerprint density at radius 3 is 2.37 bits per heavy atom. The molecule has 8 nitrogen and oxygen atoms in total. The zero-order chi connectivity index (χ0) is 27.4. The average molecular weight is 532 g/mol. The second kappa shape index (κ2) is 11.3. The predicted octanol–water partition coefficient (Wildman–Crippen LogP) is 5.56. The van der Waals surface area contributed by atoms with Crippen LogP contribution in [-0.2, 0) is 14.3 Å². The highest BCUT2D eigenvalue weighted by molar-refractivity contribution is 6.53. The Morgan fingerprint density at radius 2 is 1.66 bits per heavy atom. The summed E-state index contributed by atoms with van der Waals surface area (Å²) >= 11 is 6.27. The van der Waals surface area contributed by atoms with E-state index < -0.39 is 23.7 Å². The van der Waals surface area contributed by atoms with Crippen LogP contribution in [-0.4, -0.2) is 30.3 Å². The number of hydrogen-bond acceptors (Lipinski definition) is 6. The van der Waals surface area contributed by atoms with Crippen molar-refractivity contribution >= 4 is 52.4 Å². The van der Waals surface area contributed by atoms with Gasteiger partial charge in [-0.3, -0.25) is 14.4 Å². The largest absolute Gasteiger partial charge is 0.462 e. The molecule has 3 aromatic carbocycles. The molecule has 2 N–H and O–H groups in total. The number of rotatable bonds is 8. The SMILES string of the molecule is CCCOC(=O)c1cccc(NC(=O)c2ccc(C)c(NC3=C(Cl)C(=O)N(c4ccc(C)cc4)C3=O)c2)c1. The Kier molecular flexibility index (Phi) is 7.93. The number of anilines is 3. The smallest absolute Gasteiger partial charge is 0.338 e. The quantitative estimate of drug-likeness (QED) is 0.291. The van der Waals surface area contributed by atoms with Gasteiger partial charge in [0.15, 0.2) is 0 Å². The molecular weight excluding hydrogens is 506 g/mol. The first-order valence-corrected chi connectivity index (χ1v) is 12.4. The lowest BCUT2D eigenvalue weighted by Crippen LogP contribution is -2.32. The van der Waals surface area contributed by atoms with E-state index in [1.165, 1.54) is 6.07 Å². The molecule has 3 amide bonds. The molecule has 0 atom stereocenters. The standard InChI is InChI=1S/C29H26ClN3O5/c1-4-14-38-29(37)20-6-5-7-21(15-20)31-26(34)19-11-10-18(3)23(16-19)32-25-24(30)27(35)33(28(25)36)22-12-8-17(2)9-13-22/h5-13,15-16,32H,4,14H2,1-3H3,(H,31,34). The van der Waals surface area contributed by atoms with E-state index in [-0.39, 0.29) is 10.7 Å². The number of amides is 3.